The van der Waals surface area contributed by atoms with E-state index in [1.165, 1.54) is 17.8 Å². The highest BCUT2D eigenvalue weighted by molar-refractivity contribution is 9.10. The highest BCUT2D eigenvalue weighted by Gasteiger charge is 2.16. The predicted molar refractivity (Wildman–Crippen MR) is 103 cm³/mol. The number of nitrogens with zero attached hydrogens (tertiary/aromatic N) is 5. The zero-order valence-corrected chi connectivity index (χ0v) is 16.5. The minimum atomic E-state index is -0.334. The van der Waals surface area contributed by atoms with Crippen LogP contribution in [0, 0.1) is 5.82 Å². The van der Waals surface area contributed by atoms with Crippen LogP contribution in [0.3, 0.4) is 0 Å². The van der Waals surface area contributed by atoms with Crippen molar-refractivity contribution < 1.29 is 8.81 Å². The van der Waals surface area contributed by atoms with Gasteiger partial charge in [-0.2, -0.15) is 0 Å². The van der Waals surface area contributed by atoms with E-state index in [1.807, 2.05) is 24.3 Å². The smallest absolute Gasteiger partial charge is 0.248 e. The molecular formula is C18H13BrFN5OS. The van der Waals surface area contributed by atoms with Crippen LogP contribution in [0.15, 0.2) is 62.6 Å². The number of hydrogen-bond donors (Lipinski definition) is 0. The van der Waals surface area contributed by atoms with E-state index in [4.69, 9.17) is 4.42 Å². The van der Waals surface area contributed by atoms with E-state index in [2.05, 4.69) is 36.3 Å². The van der Waals surface area contributed by atoms with E-state index in [1.54, 1.807) is 29.8 Å². The Morgan fingerprint density at radius 1 is 1.00 bits per heavy atom. The monoisotopic (exact) mass is 445 g/mol. The summed E-state index contributed by atoms with van der Waals surface area (Å²) < 4.78 is 22.3. The fourth-order valence-corrected chi connectivity index (χ4v) is 3.70. The average molecular weight is 446 g/mol. The molecule has 0 unspecified atom stereocenters. The van der Waals surface area contributed by atoms with Crippen molar-refractivity contribution in [3.63, 3.8) is 0 Å². The molecule has 0 fully saturated rings. The second kappa shape index (κ2) is 7.61. The Labute approximate surface area is 167 Å². The molecule has 6 nitrogen and oxygen atoms in total. The molecule has 2 heterocycles. The number of thioether (sulfide) groups is 1. The molecule has 2 aromatic heterocycles. The van der Waals surface area contributed by atoms with Gasteiger partial charge in [0.15, 0.2) is 11.0 Å². The van der Waals surface area contributed by atoms with Crippen LogP contribution in [-0.2, 0) is 12.8 Å². The number of hydrogen-bond acceptors (Lipinski definition) is 6. The van der Waals surface area contributed by atoms with E-state index in [0.717, 1.165) is 10.0 Å². The van der Waals surface area contributed by atoms with Gasteiger partial charge < -0.3 is 8.98 Å². The molecule has 0 bridgehead atoms. The Morgan fingerprint density at radius 3 is 2.52 bits per heavy atom. The summed E-state index contributed by atoms with van der Waals surface area (Å²) in [5.74, 6) is 1.49. The Bertz CT molecular complexity index is 1100. The molecule has 2 aromatic carbocycles. The van der Waals surface area contributed by atoms with Crippen LogP contribution in [0.5, 0.6) is 0 Å². The number of aromatic nitrogens is 5. The summed E-state index contributed by atoms with van der Waals surface area (Å²) in [4.78, 5) is 0. The molecule has 0 spiro atoms. The summed E-state index contributed by atoms with van der Waals surface area (Å²) in [7, 11) is 1.80. The van der Waals surface area contributed by atoms with Gasteiger partial charge in [-0.15, -0.1) is 20.4 Å². The molecule has 0 saturated heterocycles. The van der Waals surface area contributed by atoms with Gasteiger partial charge in [0, 0.05) is 11.5 Å². The standard InChI is InChI=1S/C18H13BrFN5OS/c1-25-16(12-7-3-5-9-14(12)20)22-24-18(25)27-10-15-21-23-17(26-15)11-6-2-4-8-13(11)19/h2-9H,10H2,1H3. The van der Waals surface area contributed by atoms with Gasteiger partial charge in [-0.05, 0) is 40.2 Å². The summed E-state index contributed by atoms with van der Waals surface area (Å²) in [6, 6.07) is 14.1. The van der Waals surface area contributed by atoms with Gasteiger partial charge in [0.25, 0.3) is 0 Å². The van der Waals surface area contributed by atoms with Crippen molar-refractivity contribution in [1.29, 1.82) is 0 Å². The lowest BCUT2D eigenvalue weighted by atomic mass is 10.2. The topological polar surface area (TPSA) is 69.6 Å². The zero-order valence-electron chi connectivity index (χ0n) is 14.1. The van der Waals surface area contributed by atoms with Crippen molar-refractivity contribution in [3.8, 4) is 22.8 Å². The quantitative estimate of drug-likeness (QED) is 0.413. The average Bonchev–Trinajstić information content (AvgIpc) is 3.28. The third-order valence-electron chi connectivity index (χ3n) is 3.85. The highest BCUT2D eigenvalue weighted by atomic mass is 79.9. The van der Waals surface area contributed by atoms with E-state index in [-0.39, 0.29) is 5.82 Å². The summed E-state index contributed by atoms with van der Waals surface area (Å²) in [6.45, 7) is 0. The maximum Gasteiger partial charge on any atom is 0.248 e. The van der Waals surface area contributed by atoms with Crippen molar-refractivity contribution >= 4 is 27.7 Å². The number of rotatable bonds is 5. The molecule has 0 aliphatic heterocycles. The highest BCUT2D eigenvalue weighted by Crippen LogP contribution is 2.29. The van der Waals surface area contributed by atoms with Gasteiger partial charge in [0.05, 0.1) is 16.9 Å². The Kier molecular flexibility index (Phi) is 5.04. The lowest BCUT2D eigenvalue weighted by Crippen LogP contribution is -1.96. The summed E-state index contributed by atoms with van der Waals surface area (Å²) >= 11 is 4.87. The third-order valence-corrected chi connectivity index (χ3v) is 5.54. The van der Waals surface area contributed by atoms with Crippen molar-refractivity contribution in [2.45, 2.75) is 10.9 Å². The summed E-state index contributed by atoms with van der Waals surface area (Å²) in [6.07, 6.45) is 0. The zero-order chi connectivity index (χ0) is 18.8. The fraction of sp³-hybridized carbons (Fsp3) is 0.111. The fourth-order valence-electron chi connectivity index (χ4n) is 2.50. The van der Waals surface area contributed by atoms with Crippen molar-refractivity contribution in [2.75, 3.05) is 0 Å². The molecule has 0 amide bonds. The SMILES string of the molecule is Cn1c(SCc2nnc(-c3ccccc3Br)o2)nnc1-c1ccccc1F. The van der Waals surface area contributed by atoms with Crippen molar-refractivity contribution in [3.05, 3.63) is 64.7 Å². The molecule has 0 atom stereocenters. The van der Waals surface area contributed by atoms with Gasteiger partial charge in [-0.1, -0.05) is 36.0 Å². The molecule has 0 saturated carbocycles. The Morgan fingerprint density at radius 2 is 1.74 bits per heavy atom. The van der Waals surface area contributed by atoms with E-state index in [0.29, 0.717) is 34.1 Å². The Balaban J connectivity index is 1.51. The largest absolute Gasteiger partial charge is 0.420 e. The lowest BCUT2D eigenvalue weighted by Gasteiger charge is -2.03. The number of halogens is 2. The molecule has 27 heavy (non-hydrogen) atoms. The molecule has 4 aromatic rings. The van der Waals surface area contributed by atoms with E-state index >= 15 is 0 Å². The van der Waals surface area contributed by atoms with Crippen molar-refractivity contribution in [1.82, 2.24) is 25.0 Å². The lowest BCUT2D eigenvalue weighted by molar-refractivity contribution is 0.528. The van der Waals surface area contributed by atoms with E-state index < -0.39 is 0 Å². The molecule has 0 radical (unpaired) electrons. The summed E-state index contributed by atoms with van der Waals surface area (Å²) in [5.41, 5.74) is 1.25. The minimum absolute atomic E-state index is 0.334. The maximum absolute atomic E-state index is 14.0. The number of benzene rings is 2. The van der Waals surface area contributed by atoms with Gasteiger partial charge in [-0.25, -0.2) is 4.39 Å². The molecular weight excluding hydrogens is 433 g/mol. The van der Waals surface area contributed by atoms with Gasteiger partial charge >= 0.3 is 0 Å². The van der Waals surface area contributed by atoms with Crippen LogP contribution >= 0.6 is 27.7 Å². The first-order valence-electron chi connectivity index (χ1n) is 7.98. The molecule has 4 rings (SSSR count). The van der Waals surface area contributed by atoms with Crippen LogP contribution in [-0.4, -0.2) is 25.0 Å². The molecule has 0 aliphatic rings. The van der Waals surface area contributed by atoms with Gasteiger partial charge in [-0.3, -0.25) is 0 Å². The normalized spacial score (nSPS) is 11.1. The van der Waals surface area contributed by atoms with Crippen LogP contribution in [0.1, 0.15) is 5.89 Å². The molecule has 0 N–H and O–H groups in total. The molecule has 0 aliphatic carbocycles. The molecule has 9 heteroatoms. The first kappa shape index (κ1) is 17.9. The predicted octanol–water partition coefficient (Wildman–Crippen LogP) is 4.73. The van der Waals surface area contributed by atoms with Crippen LogP contribution in [0.4, 0.5) is 4.39 Å². The molecule has 136 valence electrons. The minimum Gasteiger partial charge on any atom is -0.420 e. The van der Waals surface area contributed by atoms with Crippen LogP contribution < -0.4 is 0 Å². The van der Waals surface area contributed by atoms with Gasteiger partial charge in [0.1, 0.15) is 5.82 Å². The van der Waals surface area contributed by atoms with Crippen molar-refractivity contribution in [2.24, 2.45) is 7.05 Å². The first-order valence-corrected chi connectivity index (χ1v) is 9.75. The van der Waals surface area contributed by atoms with Gasteiger partial charge in [0.2, 0.25) is 11.8 Å². The van der Waals surface area contributed by atoms with E-state index in [9.17, 15) is 4.39 Å². The second-order valence-corrected chi connectivity index (χ2v) is 7.41. The second-order valence-electron chi connectivity index (χ2n) is 5.61. The Hall–Kier alpha value is -2.52. The van der Waals surface area contributed by atoms with Crippen LogP contribution in [0.25, 0.3) is 22.8 Å². The summed E-state index contributed by atoms with van der Waals surface area (Å²) in [5, 5.41) is 17.1. The van der Waals surface area contributed by atoms with Crippen LogP contribution in [0.2, 0.25) is 0 Å². The first-order chi connectivity index (χ1) is 13.1. The maximum atomic E-state index is 14.0. The third kappa shape index (κ3) is 3.65.